The van der Waals surface area contributed by atoms with Gasteiger partial charge in [0.15, 0.2) is 16.7 Å². The van der Waals surface area contributed by atoms with Gasteiger partial charge in [0, 0.05) is 18.7 Å². The molecule has 0 aliphatic rings. The van der Waals surface area contributed by atoms with Crippen LogP contribution in [0.5, 0.6) is 17.2 Å². The van der Waals surface area contributed by atoms with Crippen molar-refractivity contribution in [1.82, 2.24) is 14.9 Å². The van der Waals surface area contributed by atoms with Crippen molar-refractivity contribution in [2.45, 2.75) is 31.5 Å². The van der Waals surface area contributed by atoms with Gasteiger partial charge in [-0.25, -0.2) is 4.98 Å². The van der Waals surface area contributed by atoms with Crippen LogP contribution in [-0.2, 0) is 17.8 Å². The summed E-state index contributed by atoms with van der Waals surface area (Å²) in [6.45, 7) is 3.52. The molecule has 0 spiro atoms. The molecule has 0 aliphatic carbocycles. The van der Waals surface area contributed by atoms with E-state index in [1.807, 2.05) is 48.7 Å². The largest absolute Gasteiger partial charge is 0.497 e. The van der Waals surface area contributed by atoms with E-state index in [1.165, 1.54) is 11.8 Å². The summed E-state index contributed by atoms with van der Waals surface area (Å²) in [5.41, 5.74) is 3.18. The second-order valence-electron chi connectivity index (χ2n) is 7.38. The second kappa shape index (κ2) is 12.2. The van der Waals surface area contributed by atoms with Gasteiger partial charge in [-0.15, -0.1) is 0 Å². The number of imidazole rings is 1. The SMILES string of the molecule is CCCn1c(-c2ccc(OC)cc2)cnc1SCC(=O)NCCc1ccc(OC)c(OC)c1. The summed E-state index contributed by atoms with van der Waals surface area (Å²) >= 11 is 1.45. The normalized spacial score (nSPS) is 10.7. The van der Waals surface area contributed by atoms with Crippen LogP contribution >= 0.6 is 11.8 Å². The number of methoxy groups -OCH3 is 3. The quantitative estimate of drug-likeness (QED) is 0.396. The van der Waals surface area contributed by atoms with Crippen LogP contribution in [0.1, 0.15) is 18.9 Å². The van der Waals surface area contributed by atoms with Crippen molar-refractivity contribution in [1.29, 1.82) is 0 Å². The predicted octanol–water partition coefficient (Wildman–Crippen LogP) is 4.44. The zero-order chi connectivity index (χ0) is 23.6. The fourth-order valence-electron chi connectivity index (χ4n) is 3.47. The monoisotopic (exact) mass is 469 g/mol. The fourth-order valence-corrected chi connectivity index (χ4v) is 4.30. The van der Waals surface area contributed by atoms with Gasteiger partial charge in [0.2, 0.25) is 5.91 Å². The number of benzene rings is 2. The maximum Gasteiger partial charge on any atom is 0.230 e. The molecular formula is C25H31N3O4S. The Hall–Kier alpha value is -3.13. The van der Waals surface area contributed by atoms with E-state index >= 15 is 0 Å². The summed E-state index contributed by atoms with van der Waals surface area (Å²) in [5, 5.41) is 3.83. The molecule has 3 aromatic rings. The van der Waals surface area contributed by atoms with E-state index in [0.29, 0.717) is 30.2 Å². The Balaban J connectivity index is 1.55. The van der Waals surface area contributed by atoms with Crippen LogP contribution in [-0.4, -0.2) is 49.1 Å². The van der Waals surface area contributed by atoms with Gasteiger partial charge >= 0.3 is 0 Å². The molecule has 1 amide bonds. The Labute approximate surface area is 199 Å². The number of aromatic nitrogens is 2. The maximum atomic E-state index is 12.4. The van der Waals surface area contributed by atoms with Crippen molar-refractivity contribution in [2.24, 2.45) is 0 Å². The van der Waals surface area contributed by atoms with Gasteiger partial charge in [-0.3, -0.25) is 4.79 Å². The highest BCUT2D eigenvalue weighted by Crippen LogP contribution is 2.29. The minimum absolute atomic E-state index is 0.0162. The van der Waals surface area contributed by atoms with E-state index in [2.05, 4.69) is 21.8 Å². The number of ether oxygens (including phenoxy) is 3. The molecule has 33 heavy (non-hydrogen) atoms. The van der Waals surface area contributed by atoms with E-state index in [0.717, 1.165) is 40.7 Å². The van der Waals surface area contributed by atoms with Crippen molar-refractivity contribution >= 4 is 17.7 Å². The number of hydrogen-bond acceptors (Lipinski definition) is 6. The second-order valence-corrected chi connectivity index (χ2v) is 8.33. The minimum Gasteiger partial charge on any atom is -0.497 e. The summed E-state index contributed by atoms with van der Waals surface area (Å²) in [5.74, 6) is 2.50. The van der Waals surface area contributed by atoms with E-state index in [9.17, 15) is 4.79 Å². The van der Waals surface area contributed by atoms with Crippen LogP contribution in [0.4, 0.5) is 0 Å². The molecule has 8 heteroatoms. The molecule has 1 heterocycles. The predicted molar refractivity (Wildman–Crippen MR) is 131 cm³/mol. The van der Waals surface area contributed by atoms with Crippen LogP contribution < -0.4 is 19.5 Å². The molecule has 0 saturated carbocycles. The average molecular weight is 470 g/mol. The molecular weight excluding hydrogens is 438 g/mol. The zero-order valence-corrected chi connectivity index (χ0v) is 20.4. The average Bonchev–Trinajstić information content (AvgIpc) is 3.25. The van der Waals surface area contributed by atoms with Gasteiger partial charge in [-0.1, -0.05) is 24.8 Å². The standard InChI is InChI=1S/C25H31N3O4S/c1-5-14-28-21(19-7-9-20(30-2)10-8-19)16-27-25(28)33-17-24(29)26-13-12-18-6-11-22(31-3)23(15-18)32-4/h6-11,15-16H,5,12-14,17H2,1-4H3,(H,26,29). The molecule has 7 nitrogen and oxygen atoms in total. The number of nitrogens with one attached hydrogen (secondary N) is 1. The number of carbonyl (C=O) groups is 1. The first-order chi connectivity index (χ1) is 16.1. The summed E-state index contributed by atoms with van der Waals surface area (Å²) in [6.07, 6.45) is 3.56. The lowest BCUT2D eigenvalue weighted by Gasteiger charge is -2.12. The van der Waals surface area contributed by atoms with Crippen LogP contribution in [0.25, 0.3) is 11.3 Å². The van der Waals surface area contributed by atoms with E-state index < -0.39 is 0 Å². The smallest absolute Gasteiger partial charge is 0.230 e. The fraction of sp³-hybridized carbons (Fsp3) is 0.360. The molecule has 0 aliphatic heterocycles. The summed E-state index contributed by atoms with van der Waals surface area (Å²) in [6, 6.07) is 13.7. The van der Waals surface area contributed by atoms with Gasteiger partial charge in [-0.2, -0.15) is 0 Å². The number of nitrogens with zero attached hydrogens (tertiary/aromatic N) is 2. The lowest BCUT2D eigenvalue weighted by Crippen LogP contribution is -2.27. The summed E-state index contributed by atoms with van der Waals surface area (Å²) in [4.78, 5) is 17.0. The van der Waals surface area contributed by atoms with Gasteiger partial charge in [0.25, 0.3) is 0 Å². The highest BCUT2D eigenvalue weighted by molar-refractivity contribution is 7.99. The number of carbonyl (C=O) groups excluding carboxylic acids is 1. The van der Waals surface area contributed by atoms with Gasteiger partial charge in [0.1, 0.15) is 5.75 Å². The van der Waals surface area contributed by atoms with E-state index in [-0.39, 0.29) is 5.91 Å². The van der Waals surface area contributed by atoms with Crippen LogP contribution in [0, 0.1) is 0 Å². The zero-order valence-electron chi connectivity index (χ0n) is 19.6. The highest BCUT2D eigenvalue weighted by atomic mass is 32.2. The number of amides is 1. The van der Waals surface area contributed by atoms with Crippen molar-refractivity contribution in [3.05, 3.63) is 54.2 Å². The highest BCUT2D eigenvalue weighted by Gasteiger charge is 2.14. The Morgan fingerprint density at radius 3 is 2.45 bits per heavy atom. The van der Waals surface area contributed by atoms with Gasteiger partial charge in [0.05, 0.1) is 39.0 Å². The number of rotatable bonds is 12. The van der Waals surface area contributed by atoms with Crippen LogP contribution in [0.3, 0.4) is 0 Å². The Morgan fingerprint density at radius 2 is 1.79 bits per heavy atom. The molecule has 0 atom stereocenters. The third kappa shape index (κ3) is 6.44. The third-order valence-corrected chi connectivity index (χ3v) is 6.16. The van der Waals surface area contributed by atoms with Gasteiger partial charge in [-0.05, 0) is 54.8 Å². The molecule has 0 saturated heterocycles. The van der Waals surface area contributed by atoms with Crippen LogP contribution in [0.15, 0.2) is 53.8 Å². The topological polar surface area (TPSA) is 74.6 Å². The molecule has 0 unspecified atom stereocenters. The molecule has 1 N–H and O–H groups in total. The first-order valence-electron chi connectivity index (χ1n) is 10.9. The van der Waals surface area contributed by atoms with Crippen molar-refractivity contribution in [3.8, 4) is 28.5 Å². The molecule has 0 bridgehead atoms. The third-order valence-electron chi connectivity index (χ3n) is 5.17. The van der Waals surface area contributed by atoms with Crippen molar-refractivity contribution in [3.63, 3.8) is 0 Å². The maximum absolute atomic E-state index is 12.4. The summed E-state index contributed by atoms with van der Waals surface area (Å²) in [7, 11) is 4.88. The Morgan fingerprint density at radius 1 is 1.03 bits per heavy atom. The Kier molecular flexibility index (Phi) is 9.06. The van der Waals surface area contributed by atoms with Gasteiger partial charge < -0.3 is 24.1 Å². The number of hydrogen-bond donors (Lipinski definition) is 1. The lowest BCUT2D eigenvalue weighted by atomic mass is 10.1. The van der Waals surface area contributed by atoms with Crippen molar-refractivity contribution < 1.29 is 19.0 Å². The Bertz CT molecular complexity index is 1050. The first-order valence-corrected chi connectivity index (χ1v) is 11.9. The lowest BCUT2D eigenvalue weighted by molar-refractivity contribution is -0.118. The summed E-state index contributed by atoms with van der Waals surface area (Å²) < 4.78 is 18.0. The molecule has 0 radical (unpaired) electrons. The van der Waals surface area contributed by atoms with Crippen LogP contribution in [0.2, 0.25) is 0 Å². The van der Waals surface area contributed by atoms with E-state index in [1.54, 1.807) is 21.3 Å². The van der Waals surface area contributed by atoms with Crippen molar-refractivity contribution in [2.75, 3.05) is 33.6 Å². The molecule has 3 rings (SSSR count). The molecule has 176 valence electrons. The minimum atomic E-state index is -0.0162. The molecule has 2 aromatic carbocycles. The molecule has 0 fully saturated rings. The molecule has 1 aromatic heterocycles. The first kappa shape index (κ1) is 24.5. The number of thioether (sulfide) groups is 1. The van der Waals surface area contributed by atoms with E-state index in [4.69, 9.17) is 14.2 Å².